The maximum absolute atomic E-state index is 12.9. The third-order valence-corrected chi connectivity index (χ3v) is 6.07. The molecule has 0 saturated carbocycles. The van der Waals surface area contributed by atoms with Crippen LogP contribution < -0.4 is 4.74 Å². The quantitative estimate of drug-likeness (QED) is 0.204. The van der Waals surface area contributed by atoms with Crippen LogP contribution in [0.3, 0.4) is 0 Å². The monoisotopic (exact) mass is 498 g/mol. The van der Waals surface area contributed by atoms with Crippen LogP contribution in [-0.2, 0) is 38.1 Å². The lowest BCUT2D eigenvalue weighted by molar-refractivity contribution is -0.144. The van der Waals surface area contributed by atoms with E-state index in [9.17, 15) is 39.6 Å². The van der Waals surface area contributed by atoms with Crippen molar-refractivity contribution in [1.29, 1.82) is 0 Å². The first-order chi connectivity index (χ1) is 15.0. The molecular weight excluding hydrogens is 478 g/mol. The molecule has 0 aromatic heterocycles. The number of halogens is 6. The predicted octanol–water partition coefficient (Wildman–Crippen LogP) is 5.97. The number of esters is 1. The number of alkyl halides is 6. The molecule has 0 fully saturated rings. The first kappa shape index (κ1) is 26.7. The zero-order chi connectivity index (χ0) is 25.2. The van der Waals surface area contributed by atoms with E-state index in [1.807, 2.05) is 0 Å². The molecule has 0 aliphatic rings. The molecule has 182 valence electrons. The lowest BCUT2D eigenvalue weighted by Gasteiger charge is -2.20. The van der Waals surface area contributed by atoms with E-state index in [1.165, 1.54) is 12.1 Å². The maximum atomic E-state index is 12.9. The van der Waals surface area contributed by atoms with E-state index < -0.39 is 62.0 Å². The van der Waals surface area contributed by atoms with E-state index in [0.29, 0.717) is 18.6 Å². The van der Waals surface area contributed by atoms with Gasteiger partial charge in [-0.1, -0.05) is 6.92 Å². The van der Waals surface area contributed by atoms with E-state index in [2.05, 4.69) is 4.18 Å². The van der Waals surface area contributed by atoms with Gasteiger partial charge in [-0.2, -0.15) is 34.8 Å². The lowest BCUT2D eigenvalue weighted by atomic mass is 9.91. The van der Waals surface area contributed by atoms with Gasteiger partial charge in [0.25, 0.3) is 10.1 Å². The summed E-state index contributed by atoms with van der Waals surface area (Å²) in [7, 11) is -4.54. The van der Waals surface area contributed by atoms with Crippen molar-refractivity contribution >= 4 is 16.1 Å². The van der Waals surface area contributed by atoms with Crippen molar-refractivity contribution in [2.75, 3.05) is 0 Å². The molecule has 0 bridgehead atoms. The number of hydrogen-bond donors (Lipinski definition) is 0. The standard InChI is InChI=1S/C21H20F6O5S/c1-4-19(2,3)18(28)32-16-5-7-17(8-6-16)33(29,30)31-12-13-9-14(20(22,23)24)11-15(10-13)21(25,26)27/h5-11H,4,12H2,1-3H3. The highest BCUT2D eigenvalue weighted by Gasteiger charge is 2.37. The number of hydrogen-bond acceptors (Lipinski definition) is 5. The second-order valence-corrected chi connectivity index (χ2v) is 9.34. The van der Waals surface area contributed by atoms with Crippen LogP contribution in [0.25, 0.3) is 0 Å². The van der Waals surface area contributed by atoms with Crippen LogP contribution in [0.1, 0.15) is 43.9 Å². The highest BCUT2D eigenvalue weighted by atomic mass is 32.2. The van der Waals surface area contributed by atoms with Gasteiger partial charge in [0.2, 0.25) is 0 Å². The number of benzene rings is 2. The Labute approximate surface area is 186 Å². The largest absolute Gasteiger partial charge is 0.426 e. The first-order valence-electron chi connectivity index (χ1n) is 9.46. The molecule has 0 radical (unpaired) electrons. The second-order valence-electron chi connectivity index (χ2n) is 7.73. The van der Waals surface area contributed by atoms with Crippen LogP contribution in [0.2, 0.25) is 0 Å². The Kier molecular flexibility index (Phi) is 7.54. The van der Waals surface area contributed by atoms with E-state index >= 15 is 0 Å². The number of carbonyl (C=O) groups excluding carboxylic acids is 1. The number of ether oxygens (including phenoxy) is 1. The summed E-state index contributed by atoms with van der Waals surface area (Å²) in [5, 5.41) is 0. The summed E-state index contributed by atoms with van der Waals surface area (Å²) >= 11 is 0. The van der Waals surface area contributed by atoms with Crippen molar-refractivity contribution < 1.29 is 48.5 Å². The van der Waals surface area contributed by atoms with Gasteiger partial charge in [0.1, 0.15) is 5.75 Å². The van der Waals surface area contributed by atoms with Crippen molar-refractivity contribution in [1.82, 2.24) is 0 Å². The maximum Gasteiger partial charge on any atom is 0.416 e. The Morgan fingerprint density at radius 1 is 0.879 bits per heavy atom. The number of carbonyl (C=O) groups is 1. The fraction of sp³-hybridized carbons (Fsp3) is 0.381. The minimum Gasteiger partial charge on any atom is -0.426 e. The molecule has 0 aliphatic carbocycles. The molecule has 0 unspecified atom stereocenters. The van der Waals surface area contributed by atoms with E-state index in [4.69, 9.17) is 4.74 Å². The van der Waals surface area contributed by atoms with Gasteiger partial charge in [-0.05, 0) is 68.3 Å². The molecule has 2 aromatic carbocycles. The average Bonchev–Trinajstić information content (AvgIpc) is 2.71. The molecule has 5 nitrogen and oxygen atoms in total. The molecule has 12 heteroatoms. The van der Waals surface area contributed by atoms with Crippen molar-refractivity contribution in [3.8, 4) is 5.75 Å². The van der Waals surface area contributed by atoms with Gasteiger partial charge in [-0.25, -0.2) is 0 Å². The Morgan fingerprint density at radius 3 is 1.79 bits per heavy atom. The normalized spacial score (nSPS) is 13.1. The fourth-order valence-electron chi connectivity index (χ4n) is 2.38. The molecule has 0 amide bonds. The number of rotatable bonds is 7. The Balaban J connectivity index is 2.21. The molecule has 0 spiro atoms. The summed E-state index contributed by atoms with van der Waals surface area (Å²) in [5.74, 6) is -0.491. The topological polar surface area (TPSA) is 69.7 Å². The molecule has 0 heterocycles. The van der Waals surface area contributed by atoms with Crippen molar-refractivity contribution in [3.05, 3.63) is 59.2 Å². The summed E-state index contributed by atoms with van der Waals surface area (Å²) in [5.41, 5.74) is -4.58. The summed E-state index contributed by atoms with van der Waals surface area (Å²) in [6.07, 6.45) is -9.65. The third kappa shape index (κ3) is 6.94. The van der Waals surface area contributed by atoms with Gasteiger partial charge in [0, 0.05) is 0 Å². The van der Waals surface area contributed by atoms with E-state index in [0.717, 1.165) is 12.1 Å². The van der Waals surface area contributed by atoms with Crippen LogP contribution in [0, 0.1) is 5.41 Å². The van der Waals surface area contributed by atoms with E-state index in [1.54, 1.807) is 20.8 Å². The highest BCUT2D eigenvalue weighted by Crippen LogP contribution is 2.36. The second kappa shape index (κ2) is 9.34. The van der Waals surface area contributed by atoms with Crippen LogP contribution in [-0.4, -0.2) is 14.4 Å². The Morgan fingerprint density at radius 2 is 1.36 bits per heavy atom. The predicted molar refractivity (Wildman–Crippen MR) is 105 cm³/mol. The summed E-state index contributed by atoms with van der Waals surface area (Å²) < 4.78 is 112. The zero-order valence-electron chi connectivity index (χ0n) is 17.7. The van der Waals surface area contributed by atoms with Crippen LogP contribution in [0.5, 0.6) is 5.75 Å². The summed E-state index contributed by atoms with van der Waals surface area (Å²) in [6, 6.07) is 5.09. The highest BCUT2D eigenvalue weighted by molar-refractivity contribution is 7.86. The molecule has 2 rings (SSSR count). The minimum atomic E-state index is -5.07. The summed E-state index contributed by atoms with van der Waals surface area (Å²) in [6.45, 7) is 4.06. The van der Waals surface area contributed by atoms with Gasteiger partial charge in [-0.15, -0.1) is 0 Å². The lowest BCUT2D eigenvalue weighted by Crippen LogP contribution is -2.28. The van der Waals surface area contributed by atoms with Crippen LogP contribution in [0.4, 0.5) is 26.3 Å². The molecule has 0 atom stereocenters. The van der Waals surface area contributed by atoms with Crippen molar-refractivity contribution in [2.24, 2.45) is 5.41 Å². The first-order valence-corrected chi connectivity index (χ1v) is 10.9. The molecule has 0 N–H and O–H groups in total. The van der Waals surface area contributed by atoms with E-state index in [-0.39, 0.29) is 11.8 Å². The molecule has 33 heavy (non-hydrogen) atoms. The third-order valence-electron chi connectivity index (χ3n) is 4.79. The average molecular weight is 498 g/mol. The van der Waals surface area contributed by atoms with Crippen LogP contribution in [0.15, 0.2) is 47.4 Å². The Hall–Kier alpha value is -2.60. The smallest absolute Gasteiger partial charge is 0.416 e. The molecule has 0 aliphatic heterocycles. The van der Waals surface area contributed by atoms with Gasteiger partial charge >= 0.3 is 18.3 Å². The van der Waals surface area contributed by atoms with Gasteiger partial charge < -0.3 is 4.74 Å². The van der Waals surface area contributed by atoms with Crippen molar-refractivity contribution in [2.45, 2.75) is 51.0 Å². The molecule has 0 saturated heterocycles. The minimum absolute atomic E-state index is 0.0492. The summed E-state index contributed by atoms with van der Waals surface area (Å²) in [4.78, 5) is 11.6. The zero-order valence-corrected chi connectivity index (χ0v) is 18.5. The molecule has 2 aromatic rings. The van der Waals surface area contributed by atoms with Gasteiger partial charge in [0.05, 0.1) is 28.0 Å². The SMILES string of the molecule is CCC(C)(C)C(=O)Oc1ccc(S(=O)(=O)OCc2cc(C(F)(F)F)cc(C(F)(F)F)c2)cc1. The van der Waals surface area contributed by atoms with Gasteiger partial charge in [-0.3, -0.25) is 8.98 Å². The van der Waals surface area contributed by atoms with Crippen molar-refractivity contribution in [3.63, 3.8) is 0 Å². The van der Waals surface area contributed by atoms with Crippen LogP contribution >= 0.6 is 0 Å². The Bertz CT molecular complexity index is 1070. The van der Waals surface area contributed by atoms with Gasteiger partial charge in [0.15, 0.2) is 0 Å². The fourth-order valence-corrected chi connectivity index (χ4v) is 3.28. The molecular formula is C21H20F6O5S.